The third-order valence-electron chi connectivity index (χ3n) is 1.34. The largest absolute Gasteiger partial charge is 0.545 e. The van der Waals surface area contributed by atoms with Crippen molar-refractivity contribution >= 4 is 5.97 Å². The zero-order valence-corrected chi connectivity index (χ0v) is 7.53. The van der Waals surface area contributed by atoms with Gasteiger partial charge in [-0.3, -0.25) is 0 Å². The molecule has 13 heavy (non-hydrogen) atoms. The minimum absolute atomic E-state index is 0.234. The molecule has 0 fully saturated rings. The van der Waals surface area contributed by atoms with E-state index in [9.17, 15) is 23.1 Å². The fourth-order valence-electron chi connectivity index (χ4n) is 0.745. The van der Waals surface area contributed by atoms with Crippen LogP contribution in [0.4, 0.5) is 13.2 Å². The van der Waals surface area contributed by atoms with Crippen LogP contribution in [0.25, 0.3) is 0 Å². The molecule has 0 amide bonds. The van der Waals surface area contributed by atoms with Crippen molar-refractivity contribution in [2.75, 3.05) is 0 Å². The number of carboxylic acids is 1. The van der Waals surface area contributed by atoms with Gasteiger partial charge >= 0.3 is 6.18 Å². The Hall–Kier alpha value is -1.00. The lowest BCUT2D eigenvalue weighted by Crippen LogP contribution is -2.32. The van der Waals surface area contributed by atoms with Crippen LogP contribution in [0.2, 0.25) is 0 Å². The maximum atomic E-state index is 11.8. The van der Waals surface area contributed by atoms with Crippen molar-refractivity contribution in [1.29, 1.82) is 0 Å². The Labute approximate surface area is 74.1 Å². The summed E-state index contributed by atoms with van der Waals surface area (Å²) in [6.07, 6.45) is -4.86. The van der Waals surface area contributed by atoms with Crippen molar-refractivity contribution in [3.63, 3.8) is 0 Å². The molecule has 76 valence electrons. The second-order valence-electron chi connectivity index (χ2n) is 3.64. The van der Waals surface area contributed by atoms with Crippen LogP contribution in [0, 0.1) is 5.41 Å². The van der Waals surface area contributed by atoms with Gasteiger partial charge in [-0.05, 0) is 11.0 Å². The summed E-state index contributed by atoms with van der Waals surface area (Å²) >= 11 is 0. The first-order chi connectivity index (χ1) is 5.54. The van der Waals surface area contributed by atoms with E-state index in [1.54, 1.807) is 0 Å². The molecule has 0 bridgehead atoms. The Morgan fingerprint density at radius 3 is 1.69 bits per heavy atom. The molecule has 0 rings (SSSR count). The molecular weight excluding hydrogens is 185 g/mol. The number of halogens is 3. The van der Waals surface area contributed by atoms with Gasteiger partial charge in [0, 0.05) is 6.08 Å². The van der Waals surface area contributed by atoms with Gasteiger partial charge in [-0.25, -0.2) is 0 Å². The first kappa shape index (κ1) is 12.0. The molecule has 0 aliphatic carbocycles. The quantitative estimate of drug-likeness (QED) is 0.591. The fraction of sp³-hybridized carbons (Fsp3) is 0.625. The molecule has 0 N–H and O–H groups in total. The van der Waals surface area contributed by atoms with Crippen LogP contribution in [-0.2, 0) is 4.79 Å². The smallest absolute Gasteiger partial charge is 0.410 e. The van der Waals surface area contributed by atoms with E-state index in [-0.39, 0.29) is 6.08 Å². The summed E-state index contributed by atoms with van der Waals surface area (Å²) in [5.41, 5.74) is -1.83. The SMILES string of the molecule is CC(C)(C)C(=CC(F)(F)F)C(=O)[O-]. The zero-order valence-electron chi connectivity index (χ0n) is 7.53. The first-order valence-corrected chi connectivity index (χ1v) is 3.55. The van der Waals surface area contributed by atoms with Crippen molar-refractivity contribution < 1.29 is 23.1 Å². The molecule has 0 saturated heterocycles. The number of carbonyl (C=O) groups excluding carboxylic acids is 1. The predicted octanol–water partition coefficient (Wildman–Crippen LogP) is 1.27. The first-order valence-electron chi connectivity index (χ1n) is 3.55. The summed E-state index contributed by atoms with van der Waals surface area (Å²) in [5.74, 6) is -1.79. The van der Waals surface area contributed by atoms with Gasteiger partial charge in [0.05, 0.1) is 5.97 Å². The lowest BCUT2D eigenvalue weighted by molar-refractivity contribution is -0.300. The molecule has 2 nitrogen and oxygen atoms in total. The Bertz CT molecular complexity index is 233. The second-order valence-corrected chi connectivity index (χ2v) is 3.64. The predicted molar refractivity (Wildman–Crippen MR) is 38.6 cm³/mol. The van der Waals surface area contributed by atoms with E-state index in [0.29, 0.717) is 0 Å². The van der Waals surface area contributed by atoms with E-state index in [0.717, 1.165) is 0 Å². The molecule has 0 aromatic heterocycles. The number of alkyl halides is 3. The molecular formula is C8H10F3O2-. The molecule has 0 heterocycles. The van der Waals surface area contributed by atoms with Crippen molar-refractivity contribution in [3.05, 3.63) is 11.6 Å². The van der Waals surface area contributed by atoms with E-state index in [1.165, 1.54) is 20.8 Å². The van der Waals surface area contributed by atoms with E-state index < -0.39 is 23.1 Å². The molecule has 0 aromatic carbocycles. The molecule has 0 radical (unpaired) electrons. The van der Waals surface area contributed by atoms with Gasteiger partial charge in [-0.1, -0.05) is 20.8 Å². The minimum Gasteiger partial charge on any atom is -0.545 e. The van der Waals surface area contributed by atoms with Gasteiger partial charge in [0.2, 0.25) is 0 Å². The number of rotatable bonds is 1. The number of hydrogen-bond acceptors (Lipinski definition) is 2. The van der Waals surface area contributed by atoms with Crippen molar-refractivity contribution in [1.82, 2.24) is 0 Å². The lowest BCUT2D eigenvalue weighted by Gasteiger charge is -2.24. The van der Waals surface area contributed by atoms with Crippen LogP contribution >= 0.6 is 0 Å². The van der Waals surface area contributed by atoms with Crippen molar-refractivity contribution in [2.45, 2.75) is 26.9 Å². The Morgan fingerprint density at radius 2 is 1.62 bits per heavy atom. The molecule has 0 spiro atoms. The third kappa shape index (κ3) is 4.55. The highest BCUT2D eigenvalue weighted by Gasteiger charge is 2.29. The van der Waals surface area contributed by atoms with Gasteiger partial charge in [-0.15, -0.1) is 0 Å². The van der Waals surface area contributed by atoms with Gasteiger partial charge < -0.3 is 9.90 Å². The zero-order chi connectivity index (χ0) is 10.9. The Morgan fingerprint density at radius 1 is 1.23 bits per heavy atom. The summed E-state index contributed by atoms with van der Waals surface area (Å²) in [5, 5.41) is 10.3. The number of carboxylic acid groups (broad SMARTS) is 1. The van der Waals surface area contributed by atoms with Crippen LogP contribution in [0.5, 0.6) is 0 Å². The second kappa shape index (κ2) is 3.40. The maximum absolute atomic E-state index is 11.8. The van der Waals surface area contributed by atoms with Gasteiger partial charge in [-0.2, -0.15) is 13.2 Å². The van der Waals surface area contributed by atoms with E-state index in [2.05, 4.69) is 0 Å². The fourth-order valence-corrected chi connectivity index (χ4v) is 0.745. The highest BCUT2D eigenvalue weighted by atomic mass is 19.4. The van der Waals surface area contributed by atoms with E-state index >= 15 is 0 Å². The molecule has 0 unspecified atom stereocenters. The number of aliphatic carboxylic acids is 1. The Balaban J connectivity index is 5.06. The third-order valence-corrected chi connectivity index (χ3v) is 1.34. The molecule has 0 aliphatic rings. The number of hydrogen-bond donors (Lipinski definition) is 0. The molecule has 0 saturated carbocycles. The average molecular weight is 195 g/mol. The standard InChI is InChI=1S/C8H11F3O2/c1-7(2,3)5(6(12)13)4-8(9,10)11/h4H,1-3H3,(H,12,13)/p-1. The summed E-state index contributed by atoms with van der Waals surface area (Å²) in [7, 11) is 0. The van der Waals surface area contributed by atoms with E-state index in [1.807, 2.05) is 0 Å². The topological polar surface area (TPSA) is 40.1 Å². The van der Waals surface area contributed by atoms with Crippen molar-refractivity contribution in [3.8, 4) is 0 Å². The molecule has 5 heteroatoms. The van der Waals surface area contributed by atoms with Crippen LogP contribution < -0.4 is 5.11 Å². The summed E-state index contributed by atoms with van der Waals surface area (Å²) in [6.45, 7) is 4.13. The lowest BCUT2D eigenvalue weighted by atomic mass is 9.86. The highest BCUT2D eigenvalue weighted by molar-refractivity contribution is 5.86. The van der Waals surface area contributed by atoms with Gasteiger partial charge in [0.25, 0.3) is 0 Å². The average Bonchev–Trinajstić information content (AvgIpc) is 1.77. The summed E-state index contributed by atoms with van der Waals surface area (Å²) in [4.78, 5) is 10.3. The Kier molecular flexibility index (Phi) is 3.13. The van der Waals surface area contributed by atoms with Crippen LogP contribution in [-0.4, -0.2) is 12.1 Å². The molecule has 0 aromatic rings. The summed E-state index contributed by atoms with van der Waals surface area (Å²) < 4.78 is 35.5. The van der Waals surface area contributed by atoms with Gasteiger partial charge in [0.15, 0.2) is 0 Å². The van der Waals surface area contributed by atoms with Crippen LogP contribution in [0.3, 0.4) is 0 Å². The highest BCUT2D eigenvalue weighted by Crippen LogP contribution is 2.29. The maximum Gasteiger partial charge on any atom is 0.410 e. The van der Waals surface area contributed by atoms with E-state index in [4.69, 9.17) is 0 Å². The number of carbonyl (C=O) groups is 1. The van der Waals surface area contributed by atoms with Crippen LogP contribution in [0.15, 0.2) is 11.6 Å². The minimum atomic E-state index is -4.62. The normalized spacial score (nSPS) is 14.5. The van der Waals surface area contributed by atoms with Gasteiger partial charge in [0.1, 0.15) is 0 Å². The molecule has 0 aliphatic heterocycles. The monoisotopic (exact) mass is 195 g/mol. The molecule has 0 atom stereocenters. The number of allylic oxidation sites excluding steroid dienone is 1. The van der Waals surface area contributed by atoms with Crippen molar-refractivity contribution in [2.24, 2.45) is 5.41 Å². The van der Waals surface area contributed by atoms with Crippen LogP contribution in [0.1, 0.15) is 20.8 Å². The summed E-state index contributed by atoms with van der Waals surface area (Å²) in [6, 6.07) is 0.